The number of aromatic nitrogens is 2. The number of anilines is 2. The summed E-state index contributed by atoms with van der Waals surface area (Å²) in [6, 6.07) is 6.78. The molecule has 0 saturated carbocycles. The number of rotatable bonds is 1. The van der Waals surface area contributed by atoms with Gasteiger partial charge in [-0.15, -0.1) is 0 Å². The first-order valence-electron chi connectivity index (χ1n) is 11.0. The van der Waals surface area contributed by atoms with Crippen molar-refractivity contribution in [3.63, 3.8) is 0 Å². The summed E-state index contributed by atoms with van der Waals surface area (Å²) in [5, 5.41) is 3.62. The molecule has 1 fully saturated rings. The topological polar surface area (TPSA) is 67.3 Å². The van der Waals surface area contributed by atoms with Crippen LogP contribution >= 0.6 is 0 Å². The summed E-state index contributed by atoms with van der Waals surface area (Å²) >= 11 is 0. The van der Waals surface area contributed by atoms with E-state index >= 15 is 0 Å². The van der Waals surface area contributed by atoms with Gasteiger partial charge >= 0.3 is 6.18 Å². The first-order valence-corrected chi connectivity index (χ1v) is 12.2. The monoisotopic (exact) mass is 494 g/mol. The zero-order chi connectivity index (χ0) is 24.0. The lowest BCUT2D eigenvalue weighted by Gasteiger charge is -2.19. The molecule has 1 aromatic heterocycles. The maximum absolute atomic E-state index is 15.0. The Kier molecular flexibility index (Phi) is 5.83. The van der Waals surface area contributed by atoms with Gasteiger partial charge in [-0.3, -0.25) is 4.31 Å². The Morgan fingerprint density at radius 1 is 1.24 bits per heavy atom. The number of hydrogen-bond donors (Lipinski definition) is 1. The Hall–Kier alpha value is -2.95. The molecule has 11 heteroatoms. The van der Waals surface area contributed by atoms with E-state index in [1.54, 1.807) is 12.1 Å². The van der Waals surface area contributed by atoms with Crippen LogP contribution in [0.4, 0.5) is 29.1 Å². The molecule has 1 N–H and O–H groups in total. The van der Waals surface area contributed by atoms with Gasteiger partial charge in [0.05, 0.1) is 23.4 Å². The lowest BCUT2D eigenvalue weighted by atomic mass is 10.1. The largest absolute Gasteiger partial charge is 0.493 e. The minimum Gasteiger partial charge on any atom is -0.493 e. The normalized spacial score (nSPS) is 20.9. The van der Waals surface area contributed by atoms with Gasteiger partial charge in [-0.05, 0) is 25.0 Å². The minimum absolute atomic E-state index is 0.0154. The molecule has 2 bridgehead atoms. The summed E-state index contributed by atoms with van der Waals surface area (Å²) in [4.78, 5) is 9.15. The zero-order valence-electron chi connectivity index (χ0n) is 18.3. The molecular formula is C23H22F4N4O2S. The lowest BCUT2D eigenvalue weighted by molar-refractivity contribution is -0.139. The van der Waals surface area contributed by atoms with Gasteiger partial charge in [0.1, 0.15) is 34.2 Å². The van der Waals surface area contributed by atoms with Gasteiger partial charge in [0.15, 0.2) is 0 Å². The van der Waals surface area contributed by atoms with Gasteiger partial charge in [0, 0.05) is 41.8 Å². The highest BCUT2D eigenvalue weighted by atomic mass is 32.2. The van der Waals surface area contributed by atoms with Gasteiger partial charge in [0.2, 0.25) is 0 Å². The van der Waals surface area contributed by atoms with Crippen molar-refractivity contribution >= 4 is 33.4 Å². The molecule has 0 aliphatic carbocycles. The smallest absolute Gasteiger partial charge is 0.419 e. The number of hydrogen-bond acceptors (Lipinski definition) is 5. The number of halogens is 4. The van der Waals surface area contributed by atoms with Crippen molar-refractivity contribution in [2.45, 2.75) is 38.4 Å². The van der Waals surface area contributed by atoms with E-state index in [1.807, 2.05) is 6.92 Å². The van der Waals surface area contributed by atoms with Crippen LogP contribution < -0.4 is 14.4 Å². The van der Waals surface area contributed by atoms with Crippen LogP contribution in [0.2, 0.25) is 0 Å². The molecule has 34 heavy (non-hydrogen) atoms. The molecule has 0 amide bonds. The summed E-state index contributed by atoms with van der Waals surface area (Å²) in [5.74, 6) is 0.313. The third-order valence-corrected chi connectivity index (χ3v) is 7.57. The van der Waals surface area contributed by atoms with Crippen LogP contribution in [0.3, 0.4) is 0 Å². The van der Waals surface area contributed by atoms with Crippen molar-refractivity contribution in [3.8, 4) is 5.75 Å². The molecule has 3 heterocycles. The van der Waals surface area contributed by atoms with Crippen LogP contribution in [-0.4, -0.2) is 33.1 Å². The number of ether oxygens (including phenoxy) is 1. The molecule has 2 aliphatic heterocycles. The molecule has 2 aliphatic rings. The number of nitrogens with one attached hydrogen (secondary N) is 1. The van der Waals surface area contributed by atoms with Gasteiger partial charge in [-0.1, -0.05) is 19.1 Å². The van der Waals surface area contributed by atoms with Crippen molar-refractivity contribution in [2.75, 3.05) is 28.5 Å². The Morgan fingerprint density at radius 3 is 2.79 bits per heavy atom. The van der Waals surface area contributed by atoms with Gasteiger partial charge < -0.3 is 10.1 Å². The van der Waals surface area contributed by atoms with Crippen LogP contribution in [0.15, 0.2) is 30.3 Å². The molecule has 2 unspecified atom stereocenters. The Morgan fingerprint density at radius 2 is 2.06 bits per heavy atom. The summed E-state index contributed by atoms with van der Waals surface area (Å²) in [6.07, 6.45) is -3.48. The number of nitrogens with zero attached hydrogens (tertiary/aromatic N) is 3. The van der Waals surface area contributed by atoms with Crippen LogP contribution in [0, 0.1) is 5.82 Å². The third-order valence-electron chi connectivity index (χ3n) is 6.06. The second-order valence-electron chi connectivity index (χ2n) is 8.42. The Balaban J connectivity index is 1.62. The van der Waals surface area contributed by atoms with Gasteiger partial charge in [-0.2, -0.15) is 13.2 Å². The van der Waals surface area contributed by atoms with Gasteiger partial charge in [0.25, 0.3) is 0 Å². The fourth-order valence-corrected chi connectivity index (χ4v) is 5.53. The summed E-state index contributed by atoms with van der Waals surface area (Å²) in [7, 11) is -1.31. The summed E-state index contributed by atoms with van der Waals surface area (Å²) in [6.45, 7) is 2.38. The lowest BCUT2D eigenvalue weighted by Crippen LogP contribution is -2.21. The van der Waals surface area contributed by atoms with E-state index in [-0.39, 0.29) is 30.5 Å². The number of para-hydroxylation sites is 1. The number of fused-ring (bicyclic) bond motifs is 5. The zero-order valence-corrected chi connectivity index (χ0v) is 19.1. The fourth-order valence-electron chi connectivity index (χ4n) is 4.24. The highest BCUT2D eigenvalue weighted by molar-refractivity contribution is 7.86. The first-order chi connectivity index (χ1) is 16.2. The number of benzene rings is 2. The molecule has 6 nitrogen and oxygen atoms in total. The predicted octanol–water partition coefficient (Wildman–Crippen LogP) is 5.16. The van der Waals surface area contributed by atoms with E-state index < -0.39 is 28.5 Å². The minimum atomic E-state index is -4.56. The standard InChI is InChI=1S/C23H22F4N4O2S/c1-13-6-8-33-20-14(4-2-5-16(20)23(25,26)27)12-28-22-15-10-19(31-7-3-9-34(31)32)17(24)11-18(15)29-21(13)30-22/h2,4-5,10-11,13H,3,6-9,12H2,1H3,(H,28,29,30). The van der Waals surface area contributed by atoms with Crippen LogP contribution in [-0.2, 0) is 23.7 Å². The maximum Gasteiger partial charge on any atom is 0.419 e. The molecule has 0 radical (unpaired) electrons. The molecular weight excluding hydrogens is 472 g/mol. The highest BCUT2D eigenvalue weighted by Crippen LogP contribution is 2.40. The Bertz CT molecular complexity index is 1280. The van der Waals surface area contributed by atoms with E-state index in [0.29, 0.717) is 53.2 Å². The van der Waals surface area contributed by atoms with Crippen molar-refractivity contribution < 1.29 is 26.5 Å². The fraction of sp³-hybridized carbons (Fsp3) is 0.391. The highest BCUT2D eigenvalue weighted by Gasteiger charge is 2.35. The molecule has 2 atom stereocenters. The Labute approximate surface area is 195 Å². The van der Waals surface area contributed by atoms with E-state index in [9.17, 15) is 21.8 Å². The van der Waals surface area contributed by atoms with Crippen LogP contribution in [0.5, 0.6) is 5.75 Å². The van der Waals surface area contributed by atoms with Crippen molar-refractivity contribution in [1.29, 1.82) is 0 Å². The molecule has 0 spiro atoms. The van der Waals surface area contributed by atoms with E-state index in [4.69, 9.17) is 4.74 Å². The molecule has 3 aromatic rings. The van der Waals surface area contributed by atoms with E-state index in [0.717, 1.165) is 6.07 Å². The molecule has 5 rings (SSSR count). The van der Waals surface area contributed by atoms with Crippen molar-refractivity contribution in [1.82, 2.24) is 9.97 Å². The SMILES string of the molecule is CC1CCOc2c(cccc2C(F)(F)F)CNc2nc1nc1cc(F)c(N3CCCS3=O)cc21. The van der Waals surface area contributed by atoms with Gasteiger partial charge in [-0.25, -0.2) is 18.6 Å². The quantitative estimate of drug-likeness (QED) is 0.474. The second-order valence-corrected chi connectivity index (χ2v) is 9.91. The predicted molar refractivity (Wildman–Crippen MR) is 122 cm³/mol. The van der Waals surface area contributed by atoms with Crippen molar-refractivity contribution in [2.24, 2.45) is 0 Å². The summed E-state index contributed by atoms with van der Waals surface area (Å²) in [5.41, 5.74) is 0.0705. The van der Waals surface area contributed by atoms with E-state index in [1.165, 1.54) is 16.4 Å². The average Bonchev–Trinajstić information content (AvgIpc) is 3.20. The molecule has 180 valence electrons. The molecule has 2 aromatic carbocycles. The van der Waals surface area contributed by atoms with Crippen LogP contribution in [0.1, 0.15) is 42.6 Å². The molecule has 1 saturated heterocycles. The first kappa shape index (κ1) is 22.8. The van der Waals surface area contributed by atoms with E-state index in [2.05, 4.69) is 15.3 Å². The summed E-state index contributed by atoms with van der Waals surface area (Å²) < 4.78 is 75.3. The second kappa shape index (κ2) is 8.68. The third kappa shape index (κ3) is 4.17. The number of alkyl halides is 3. The van der Waals surface area contributed by atoms with Crippen molar-refractivity contribution in [3.05, 3.63) is 53.1 Å². The average molecular weight is 495 g/mol. The van der Waals surface area contributed by atoms with Crippen LogP contribution in [0.25, 0.3) is 10.9 Å². The maximum atomic E-state index is 15.0.